The topological polar surface area (TPSA) is 53.7 Å². The van der Waals surface area contributed by atoms with Crippen molar-refractivity contribution in [1.82, 2.24) is 4.90 Å². The van der Waals surface area contributed by atoms with Crippen molar-refractivity contribution in [3.63, 3.8) is 0 Å². The number of phenolic OH excluding ortho intramolecular Hbond substituents is 1. The maximum absolute atomic E-state index is 12.0. The molecular formula is C18H17Cl2NO3. The number of hydrogen-bond acceptors (Lipinski definition) is 4. The normalized spacial score (nSPS) is 10.8. The van der Waals surface area contributed by atoms with E-state index in [0.717, 1.165) is 11.1 Å². The predicted molar refractivity (Wildman–Crippen MR) is 99.2 cm³/mol. The van der Waals surface area contributed by atoms with Crippen LogP contribution < -0.4 is 5.63 Å². The fourth-order valence-corrected chi connectivity index (χ4v) is 2.86. The monoisotopic (exact) mass is 365 g/mol. The van der Waals surface area contributed by atoms with E-state index in [1.54, 1.807) is 6.07 Å². The zero-order chi connectivity index (χ0) is 16.6. The smallest absolute Gasteiger partial charge is 0.336 e. The Balaban J connectivity index is 0.00000208. The Hall–Kier alpha value is -2.01. The quantitative estimate of drug-likeness (QED) is 0.702. The molecule has 0 radical (unpaired) electrons. The molecule has 1 aromatic heterocycles. The summed E-state index contributed by atoms with van der Waals surface area (Å²) in [5, 5.41) is 11.2. The molecule has 126 valence electrons. The first-order valence-electron chi connectivity index (χ1n) is 7.15. The fourth-order valence-electron chi connectivity index (χ4n) is 2.64. The van der Waals surface area contributed by atoms with Crippen LogP contribution in [0.1, 0.15) is 5.56 Å². The van der Waals surface area contributed by atoms with Crippen LogP contribution in [0, 0.1) is 0 Å². The second-order valence-corrected chi connectivity index (χ2v) is 6.05. The number of phenols is 1. The third-order valence-electron chi connectivity index (χ3n) is 3.62. The van der Waals surface area contributed by atoms with Crippen LogP contribution in [-0.2, 0) is 6.54 Å². The van der Waals surface area contributed by atoms with E-state index in [0.29, 0.717) is 23.1 Å². The summed E-state index contributed by atoms with van der Waals surface area (Å²) in [5.41, 5.74) is 2.04. The summed E-state index contributed by atoms with van der Waals surface area (Å²) in [6.45, 7) is 0.407. The Morgan fingerprint density at radius 2 is 1.83 bits per heavy atom. The van der Waals surface area contributed by atoms with Gasteiger partial charge in [-0.2, -0.15) is 0 Å². The maximum atomic E-state index is 12.0. The molecule has 2 aromatic carbocycles. The minimum Gasteiger partial charge on any atom is -0.506 e. The molecule has 24 heavy (non-hydrogen) atoms. The lowest BCUT2D eigenvalue weighted by molar-refractivity contribution is 0.383. The lowest BCUT2D eigenvalue weighted by Gasteiger charge is -2.15. The standard InChI is InChI=1S/C18H16ClNO3.ClH/c1-20(2)10-14-17(22)15(19)8-13-12(9-16(21)23-18(13)14)11-6-4-3-5-7-11;/h3-9,22H,10H2,1-2H3;1H. The lowest BCUT2D eigenvalue weighted by atomic mass is 9.99. The molecule has 1 heterocycles. The number of fused-ring (bicyclic) bond motifs is 1. The van der Waals surface area contributed by atoms with Gasteiger partial charge < -0.3 is 14.4 Å². The third kappa shape index (κ3) is 3.41. The second-order valence-electron chi connectivity index (χ2n) is 5.65. The number of aromatic hydroxyl groups is 1. The summed E-state index contributed by atoms with van der Waals surface area (Å²) in [6, 6.07) is 12.6. The van der Waals surface area contributed by atoms with Gasteiger partial charge in [-0.15, -0.1) is 12.4 Å². The molecule has 0 aliphatic rings. The van der Waals surface area contributed by atoms with Crippen LogP contribution in [0.15, 0.2) is 51.7 Å². The first-order valence-corrected chi connectivity index (χ1v) is 7.53. The molecule has 0 aliphatic carbocycles. The molecule has 0 bridgehead atoms. The molecule has 0 aliphatic heterocycles. The second kappa shape index (κ2) is 7.26. The van der Waals surface area contributed by atoms with E-state index in [1.165, 1.54) is 6.07 Å². The van der Waals surface area contributed by atoms with Crippen molar-refractivity contribution < 1.29 is 9.52 Å². The number of nitrogens with zero attached hydrogens (tertiary/aromatic N) is 1. The first kappa shape index (κ1) is 18.3. The molecule has 0 unspecified atom stereocenters. The van der Waals surface area contributed by atoms with Crippen LogP contribution in [0.4, 0.5) is 0 Å². The number of benzene rings is 2. The summed E-state index contributed by atoms with van der Waals surface area (Å²) < 4.78 is 5.39. The fraction of sp³-hybridized carbons (Fsp3) is 0.167. The van der Waals surface area contributed by atoms with E-state index >= 15 is 0 Å². The highest BCUT2D eigenvalue weighted by atomic mass is 35.5. The molecule has 4 nitrogen and oxygen atoms in total. The van der Waals surface area contributed by atoms with Crippen LogP contribution in [-0.4, -0.2) is 24.1 Å². The lowest BCUT2D eigenvalue weighted by Crippen LogP contribution is -2.12. The van der Waals surface area contributed by atoms with Crippen LogP contribution in [0.5, 0.6) is 5.75 Å². The van der Waals surface area contributed by atoms with E-state index in [9.17, 15) is 9.90 Å². The molecule has 0 spiro atoms. The van der Waals surface area contributed by atoms with Crippen molar-refractivity contribution >= 4 is 35.0 Å². The van der Waals surface area contributed by atoms with Crippen LogP contribution in [0.2, 0.25) is 5.02 Å². The molecule has 6 heteroatoms. The molecule has 1 N–H and O–H groups in total. The van der Waals surface area contributed by atoms with E-state index in [4.69, 9.17) is 16.0 Å². The highest BCUT2D eigenvalue weighted by Gasteiger charge is 2.18. The van der Waals surface area contributed by atoms with Gasteiger partial charge in [0.05, 0.1) is 10.6 Å². The highest BCUT2D eigenvalue weighted by molar-refractivity contribution is 6.33. The minimum absolute atomic E-state index is 0. The van der Waals surface area contributed by atoms with Crippen molar-refractivity contribution in [3.8, 4) is 16.9 Å². The van der Waals surface area contributed by atoms with Crippen molar-refractivity contribution in [1.29, 1.82) is 0 Å². The molecule has 0 saturated carbocycles. The van der Waals surface area contributed by atoms with Gasteiger partial charge in [-0.3, -0.25) is 0 Å². The Morgan fingerprint density at radius 3 is 2.46 bits per heavy atom. The Kier molecular flexibility index (Phi) is 5.54. The minimum atomic E-state index is -0.460. The molecule has 0 saturated heterocycles. The zero-order valence-corrected chi connectivity index (χ0v) is 14.8. The van der Waals surface area contributed by atoms with Crippen LogP contribution >= 0.6 is 24.0 Å². The number of halogens is 2. The van der Waals surface area contributed by atoms with Gasteiger partial charge in [0.2, 0.25) is 0 Å². The number of rotatable bonds is 3. The number of hydrogen-bond donors (Lipinski definition) is 1. The molecule has 3 aromatic rings. The van der Waals surface area contributed by atoms with Crippen LogP contribution in [0.3, 0.4) is 0 Å². The average molecular weight is 366 g/mol. The summed E-state index contributed by atoms with van der Waals surface area (Å²) in [5.74, 6) is -0.0544. The van der Waals surface area contributed by atoms with E-state index in [2.05, 4.69) is 0 Å². The van der Waals surface area contributed by atoms with Gasteiger partial charge in [0.25, 0.3) is 0 Å². The summed E-state index contributed by atoms with van der Waals surface area (Å²) in [7, 11) is 3.73. The molecule has 0 atom stereocenters. The first-order chi connectivity index (χ1) is 11.0. The van der Waals surface area contributed by atoms with Gasteiger partial charge in [0.1, 0.15) is 11.3 Å². The molecular weight excluding hydrogens is 349 g/mol. The van der Waals surface area contributed by atoms with Gasteiger partial charge in [-0.1, -0.05) is 41.9 Å². The van der Waals surface area contributed by atoms with Crippen molar-refractivity contribution in [2.75, 3.05) is 14.1 Å². The Bertz CT molecular complexity index is 921. The van der Waals surface area contributed by atoms with E-state index in [1.807, 2.05) is 49.3 Å². The van der Waals surface area contributed by atoms with Crippen molar-refractivity contribution in [3.05, 3.63) is 63.5 Å². The predicted octanol–water partition coefficient (Wildman–Crippen LogP) is 4.30. The summed E-state index contributed by atoms with van der Waals surface area (Å²) in [6.07, 6.45) is 0. The van der Waals surface area contributed by atoms with Crippen molar-refractivity contribution in [2.24, 2.45) is 0 Å². The Labute approximate surface area is 150 Å². The Morgan fingerprint density at radius 1 is 1.17 bits per heavy atom. The molecule has 3 rings (SSSR count). The van der Waals surface area contributed by atoms with Crippen molar-refractivity contribution in [2.45, 2.75) is 6.54 Å². The largest absolute Gasteiger partial charge is 0.506 e. The van der Waals surface area contributed by atoms with E-state index < -0.39 is 5.63 Å². The maximum Gasteiger partial charge on any atom is 0.336 e. The van der Waals surface area contributed by atoms with Gasteiger partial charge >= 0.3 is 5.63 Å². The molecule has 0 amide bonds. The highest BCUT2D eigenvalue weighted by Crippen LogP contribution is 2.38. The third-order valence-corrected chi connectivity index (χ3v) is 3.90. The van der Waals surface area contributed by atoms with Crippen LogP contribution in [0.25, 0.3) is 22.1 Å². The van der Waals surface area contributed by atoms with Gasteiger partial charge in [0, 0.05) is 18.0 Å². The average Bonchev–Trinajstić information content (AvgIpc) is 2.52. The SMILES string of the molecule is CN(C)Cc1c(O)c(Cl)cc2c(-c3ccccc3)cc(=O)oc12.Cl. The van der Waals surface area contributed by atoms with Gasteiger partial charge in [-0.05, 0) is 31.3 Å². The molecule has 0 fully saturated rings. The summed E-state index contributed by atoms with van der Waals surface area (Å²) >= 11 is 6.19. The summed E-state index contributed by atoms with van der Waals surface area (Å²) in [4.78, 5) is 13.9. The van der Waals surface area contributed by atoms with E-state index in [-0.39, 0.29) is 23.2 Å². The van der Waals surface area contributed by atoms with Gasteiger partial charge in [-0.25, -0.2) is 4.79 Å². The zero-order valence-electron chi connectivity index (χ0n) is 13.2. The van der Waals surface area contributed by atoms with Gasteiger partial charge in [0.15, 0.2) is 0 Å².